The van der Waals surface area contributed by atoms with Gasteiger partial charge in [-0.15, -0.1) is 21.5 Å². The lowest BCUT2D eigenvalue weighted by Gasteiger charge is -2.35. The monoisotopic (exact) mass is 850 g/mol. The fourth-order valence-corrected chi connectivity index (χ4v) is 10.2. The van der Waals surface area contributed by atoms with Gasteiger partial charge in [0.15, 0.2) is 5.76 Å². The highest BCUT2D eigenvalue weighted by Crippen LogP contribution is 2.39. The number of hydrogen-bond acceptors (Lipinski definition) is 14. The van der Waals surface area contributed by atoms with Gasteiger partial charge in [-0.05, 0) is 66.7 Å². The van der Waals surface area contributed by atoms with E-state index in [0.29, 0.717) is 36.0 Å². The average molecular weight is 851 g/mol. The summed E-state index contributed by atoms with van der Waals surface area (Å²) in [7, 11) is 0. The summed E-state index contributed by atoms with van der Waals surface area (Å²) in [5.74, 6) is -0.659. The standard InChI is InChI=1S/C44H50N8O6S2/c1-25(2)39(43(56)52-23-31(53)20-35(52)41(55)46-27(4)29-10-12-30(13-11-29)40-28(5)45-24-59-40)37-22-38(49-58-37)57-19-18-50-14-16-51(17-15-50)44-26(3)33-21-34(47-48-42(33)60-44)32-8-6-7-9-36(32)54/h6-13,21-22,24-25,27,31,35,39,53-54H,14-20,23H2,1-5H3,(H,46,55)/t27-,31+,35-,39+/m0/s1. The van der Waals surface area contributed by atoms with Crippen LogP contribution < -0.4 is 15.0 Å². The zero-order valence-corrected chi connectivity index (χ0v) is 36.0. The molecule has 0 spiro atoms. The summed E-state index contributed by atoms with van der Waals surface area (Å²) in [6.07, 6.45) is -0.671. The van der Waals surface area contributed by atoms with Crippen molar-refractivity contribution in [1.29, 1.82) is 0 Å². The zero-order valence-electron chi connectivity index (χ0n) is 34.4. The van der Waals surface area contributed by atoms with Gasteiger partial charge in [-0.3, -0.25) is 14.5 Å². The Morgan fingerprint density at radius 1 is 1.02 bits per heavy atom. The number of aryl methyl sites for hydroxylation is 2. The Labute approximate surface area is 356 Å². The smallest absolute Gasteiger partial charge is 0.254 e. The number of amides is 2. The second-order valence-electron chi connectivity index (χ2n) is 16.0. The van der Waals surface area contributed by atoms with E-state index in [-0.39, 0.29) is 42.5 Å². The van der Waals surface area contributed by atoms with Crippen LogP contribution in [0.1, 0.15) is 61.7 Å². The normalized spacial score (nSPS) is 18.3. The van der Waals surface area contributed by atoms with E-state index in [4.69, 9.17) is 9.26 Å². The molecule has 60 heavy (non-hydrogen) atoms. The maximum atomic E-state index is 14.2. The van der Waals surface area contributed by atoms with Crippen molar-refractivity contribution in [3.8, 4) is 33.3 Å². The lowest BCUT2D eigenvalue weighted by Crippen LogP contribution is -2.48. The number of aromatic hydroxyl groups is 1. The number of carbonyl (C=O) groups excluding carboxylic acids is 2. The number of ether oxygens (including phenoxy) is 1. The molecule has 2 aliphatic heterocycles. The number of nitrogens with zero attached hydrogens (tertiary/aromatic N) is 7. The van der Waals surface area contributed by atoms with Crippen LogP contribution in [0, 0.1) is 19.8 Å². The number of likely N-dealkylation sites (tertiary alicyclic amines) is 1. The second-order valence-corrected chi connectivity index (χ2v) is 17.8. The second kappa shape index (κ2) is 17.7. The molecule has 14 nitrogen and oxygen atoms in total. The van der Waals surface area contributed by atoms with Crippen LogP contribution in [0.4, 0.5) is 5.00 Å². The first-order chi connectivity index (χ1) is 28.9. The molecule has 0 bridgehead atoms. The number of rotatable bonds is 13. The molecule has 6 heterocycles. The van der Waals surface area contributed by atoms with Crippen LogP contribution in [0.5, 0.6) is 11.6 Å². The third kappa shape index (κ3) is 8.59. The summed E-state index contributed by atoms with van der Waals surface area (Å²) >= 11 is 3.23. The molecular weight excluding hydrogens is 801 g/mol. The fraction of sp³-hybridized carbons (Fsp3) is 0.409. The first-order valence-corrected chi connectivity index (χ1v) is 22.1. The highest BCUT2D eigenvalue weighted by molar-refractivity contribution is 7.22. The topological polar surface area (TPSA) is 170 Å². The number of hydrogen-bond donors (Lipinski definition) is 3. The van der Waals surface area contributed by atoms with Gasteiger partial charge in [0, 0.05) is 62.7 Å². The number of thiophene rings is 1. The highest BCUT2D eigenvalue weighted by Gasteiger charge is 2.43. The molecule has 2 saturated heterocycles. The van der Waals surface area contributed by atoms with E-state index >= 15 is 0 Å². The first-order valence-electron chi connectivity index (χ1n) is 20.4. The predicted molar refractivity (Wildman–Crippen MR) is 232 cm³/mol. The van der Waals surface area contributed by atoms with Crippen LogP contribution in [-0.4, -0.2) is 110 Å². The molecule has 0 unspecified atom stereocenters. The number of phenols is 1. The van der Waals surface area contributed by atoms with E-state index in [9.17, 15) is 19.8 Å². The number of aliphatic hydroxyl groups is 1. The molecule has 3 N–H and O–H groups in total. The molecule has 4 aromatic heterocycles. The van der Waals surface area contributed by atoms with Gasteiger partial charge in [0.25, 0.3) is 5.88 Å². The van der Waals surface area contributed by atoms with Gasteiger partial charge in [-0.2, -0.15) is 0 Å². The minimum absolute atomic E-state index is 0.0549. The number of carbonyl (C=O) groups is 2. The van der Waals surface area contributed by atoms with Crippen molar-refractivity contribution in [2.24, 2.45) is 5.92 Å². The Balaban J connectivity index is 0.839. The minimum Gasteiger partial charge on any atom is -0.507 e. The lowest BCUT2D eigenvalue weighted by atomic mass is 9.91. The predicted octanol–water partition coefficient (Wildman–Crippen LogP) is 6.57. The zero-order chi connectivity index (χ0) is 42.1. The van der Waals surface area contributed by atoms with Crippen LogP contribution in [0.25, 0.3) is 31.9 Å². The quantitative estimate of drug-likeness (QED) is 0.114. The van der Waals surface area contributed by atoms with Crippen molar-refractivity contribution in [1.82, 2.24) is 35.5 Å². The molecule has 2 amide bonds. The SMILES string of the molecule is Cc1ncsc1-c1ccc([C@H](C)NC(=O)[C@@H]2C[C@@H](O)CN2C(=O)[C@@H](c2cc(OCCN3CCN(c4sc5nnc(-c6ccccc6O)cc5c4C)CC3)no2)C(C)C)cc1. The molecule has 2 fully saturated rings. The van der Waals surface area contributed by atoms with Crippen LogP contribution in [0.15, 0.2) is 70.7 Å². The molecule has 314 valence electrons. The summed E-state index contributed by atoms with van der Waals surface area (Å²) in [4.78, 5) is 40.4. The van der Waals surface area contributed by atoms with Crippen molar-refractivity contribution >= 4 is 49.7 Å². The summed E-state index contributed by atoms with van der Waals surface area (Å²) in [5, 5.41) is 39.3. The number of aromatic nitrogens is 4. The van der Waals surface area contributed by atoms with E-state index < -0.39 is 18.1 Å². The average Bonchev–Trinajstić information content (AvgIpc) is 4.05. The van der Waals surface area contributed by atoms with Crippen LogP contribution in [0.2, 0.25) is 0 Å². The van der Waals surface area contributed by atoms with Crippen molar-refractivity contribution in [3.05, 3.63) is 88.8 Å². The van der Waals surface area contributed by atoms with Gasteiger partial charge >= 0.3 is 0 Å². The van der Waals surface area contributed by atoms with E-state index in [1.165, 1.54) is 9.90 Å². The largest absolute Gasteiger partial charge is 0.507 e. The van der Waals surface area contributed by atoms with Crippen LogP contribution >= 0.6 is 22.7 Å². The Kier molecular flexibility index (Phi) is 12.2. The van der Waals surface area contributed by atoms with Gasteiger partial charge in [-0.25, -0.2) is 4.98 Å². The number of fused-ring (bicyclic) bond motifs is 1. The van der Waals surface area contributed by atoms with E-state index in [2.05, 4.69) is 42.4 Å². The fourth-order valence-electron chi connectivity index (χ4n) is 8.19. The number of benzene rings is 2. The number of aliphatic hydroxyl groups excluding tert-OH is 1. The van der Waals surface area contributed by atoms with Gasteiger partial charge in [0.05, 0.1) is 38.9 Å². The number of anilines is 1. The maximum absolute atomic E-state index is 14.2. The van der Waals surface area contributed by atoms with Gasteiger partial charge in [0.1, 0.15) is 29.1 Å². The molecule has 4 atom stereocenters. The molecule has 2 aromatic carbocycles. The Morgan fingerprint density at radius 2 is 1.78 bits per heavy atom. The Bertz CT molecular complexity index is 2460. The summed E-state index contributed by atoms with van der Waals surface area (Å²) < 4.78 is 11.7. The number of piperazine rings is 1. The third-order valence-corrected chi connectivity index (χ3v) is 13.8. The van der Waals surface area contributed by atoms with Gasteiger partial charge in [0.2, 0.25) is 11.8 Å². The van der Waals surface area contributed by atoms with E-state index in [1.807, 2.05) is 75.7 Å². The number of thiazole rings is 1. The van der Waals surface area contributed by atoms with Gasteiger partial charge < -0.3 is 34.6 Å². The van der Waals surface area contributed by atoms with Crippen LogP contribution in [0.3, 0.4) is 0 Å². The number of β-amino-alcohol motifs (C(OH)–C–C–N with tert-alkyl or cyclic N) is 1. The molecule has 8 rings (SSSR count). The molecule has 6 aromatic rings. The Hall–Kier alpha value is -5.42. The third-order valence-electron chi connectivity index (χ3n) is 11.6. The van der Waals surface area contributed by atoms with E-state index in [0.717, 1.165) is 63.7 Å². The molecular formula is C44H50N8O6S2. The molecule has 0 aliphatic carbocycles. The lowest BCUT2D eigenvalue weighted by molar-refractivity contribution is -0.141. The van der Waals surface area contributed by atoms with Crippen LogP contribution in [-0.2, 0) is 9.59 Å². The maximum Gasteiger partial charge on any atom is 0.254 e. The summed E-state index contributed by atoms with van der Waals surface area (Å²) in [5.41, 5.74) is 7.28. The number of phenolic OH excluding ortho intramolecular Hbond substituents is 1. The highest BCUT2D eigenvalue weighted by atomic mass is 32.1. The first kappa shape index (κ1) is 41.3. The number of para-hydroxylation sites is 1. The summed E-state index contributed by atoms with van der Waals surface area (Å²) in [6, 6.07) is 17.7. The summed E-state index contributed by atoms with van der Waals surface area (Å²) in [6.45, 7) is 14.4. The van der Waals surface area contributed by atoms with Crippen molar-refractivity contribution in [3.63, 3.8) is 0 Å². The molecule has 0 radical (unpaired) electrons. The van der Waals surface area contributed by atoms with Crippen molar-refractivity contribution in [2.45, 2.75) is 65.1 Å². The van der Waals surface area contributed by atoms with E-state index in [1.54, 1.807) is 40.9 Å². The molecule has 16 heteroatoms. The molecule has 0 saturated carbocycles. The number of nitrogens with one attached hydrogen (secondary N) is 1. The Morgan fingerprint density at radius 3 is 2.50 bits per heavy atom. The minimum atomic E-state index is -0.825. The van der Waals surface area contributed by atoms with Gasteiger partial charge in [-0.1, -0.05) is 61.6 Å². The van der Waals surface area contributed by atoms with Crippen molar-refractivity contribution in [2.75, 3.05) is 50.8 Å². The molecule has 2 aliphatic rings. The van der Waals surface area contributed by atoms with Crippen molar-refractivity contribution < 1.29 is 29.1 Å².